The molecule has 3 aromatic rings. The number of nitrogens with zero attached hydrogens (tertiary/aromatic N) is 1. The number of sulfone groups is 1. The fraction of sp³-hybridized carbons (Fsp3) is 0.292. The van der Waals surface area contributed by atoms with Crippen molar-refractivity contribution >= 4 is 54.4 Å². The molecule has 1 aromatic heterocycles. The Balaban J connectivity index is 1.40. The predicted octanol–water partition coefficient (Wildman–Crippen LogP) is 4.89. The number of carbonyl (C=O) groups is 1. The summed E-state index contributed by atoms with van der Waals surface area (Å²) in [6, 6.07) is 13.3. The molecule has 0 radical (unpaired) electrons. The average molecular weight is 622 g/mol. The van der Waals surface area contributed by atoms with Crippen LogP contribution in [0, 0.1) is 0 Å². The number of thiophene rings is 1. The number of carbonyl (C=O) groups excluding carboxylic acids is 1. The summed E-state index contributed by atoms with van der Waals surface area (Å²) in [5.74, 6) is -0.332. The van der Waals surface area contributed by atoms with E-state index in [1.54, 1.807) is 30.3 Å². The zero-order chi connectivity index (χ0) is 28.4. The normalized spacial score (nSPS) is 17.1. The van der Waals surface area contributed by atoms with Crippen LogP contribution < -0.4 is 10.6 Å². The van der Waals surface area contributed by atoms with E-state index in [1.807, 2.05) is 0 Å². The second-order valence-electron chi connectivity index (χ2n) is 8.73. The number of amides is 1. The highest BCUT2D eigenvalue weighted by Crippen LogP contribution is 2.32. The van der Waals surface area contributed by atoms with E-state index >= 15 is 0 Å². The van der Waals surface area contributed by atoms with Gasteiger partial charge in [0, 0.05) is 40.3 Å². The van der Waals surface area contributed by atoms with Crippen LogP contribution in [0.1, 0.15) is 28.1 Å². The van der Waals surface area contributed by atoms with Gasteiger partial charge in [0.25, 0.3) is 25.8 Å². The van der Waals surface area contributed by atoms with Crippen LogP contribution in [0.2, 0.25) is 5.02 Å². The van der Waals surface area contributed by atoms with Gasteiger partial charge in [-0.05, 0) is 67.4 Å². The minimum Gasteiger partial charge on any atom is -0.381 e. The first-order valence-corrected chi connectivity index (χ1v) is 15.7. The van der Waals surface area contributed by atoms with Gasteiger partial charge in [-0.1, -0.05) is 17.7 Å². The SMILES string of the molecule is O=C(NCc1ccc(S(=O)(=O)N2CCCC(Nc3cccc(S(=O)(=O)C(F)(F)F)c3)C2)s1)c1ccc(Cl)cc1. The van der Waals surface area contributed by atoms with Gasteiger partial charge >= 0.3 is 5.51 Å². The van der Waals surface area contributed by atoms with Crippen LogP contribution in [0.5, 0.6) is 0 Å². The minimum absolute atomic E-state index is 0.0408. The highest BCUT2D eigenvalue weighted by atomic mass is 35.5. The number of alkyl halides is 3. The van der Waals surface area contributed by atoms with Crippen LogP contribution in [-0.4, -0.2) is 51.7 Å². The third kappa shape index (κ3) is 6.74. The summed E-state index contributed by atoms with van der Waals surface area (Å²) in [5.41, 5.74) is -4.88. The molecule has 1 aliphatic heterocycles. The fourth-order valence-corrected chi connectivity index (χ4v) is 7.90. The number of piperidine rings is 1. The standard InChI is InChI=1S/C24H23ClF3N3O5S3/c25-17-8-6-16(7-9-17)23(32)29-14-20-10-11-22(37-20)39(35,36)31-12-2-4-19(15-31)30-18-3-1-5-21(13-18)38(33,34)24(26,27)28/h1,3,5-11,13,19,30H,2,4,12,14-15H2,(H,29,32). The fourth-order valence-electron chi connectivity index (χ4n) is 3.99. The number of halogens is 4. The molecule has 0 bridgehead atoms. The quantitative estimate of drug-likeness (QED) is 0.370. The number of hydrogen-bond acceptors (Lipinski definition) is 7. The van der Waals surface area contributed by atoms with Crippen LogP contribution in [0.25, 0.3) is 0 Å². The Morgan fingerprint density at radius 2 is 1.77 bits per heavy atom. The van der Waals surface area contributed by atoms with Crippen molar-refractivity contribution in [3.8, 4) is 0 Å². The molecule has 8 nitrogen and oxygen atoms in total. The van der Waals surface area contributed by atoms with E-state index in [0.717, 1.165) is 23.5 Å². The Morgan fingerprint density at radius 1 is 1.05 bits per heavy atom. The van der Waals surface area contributed by atoms with Crippen LogP contribution >= 0.6 is 22.9 Å². The van der Waals surface area contributed by atoms with Crippen molar-refractivity contribution < 1.29 is 34.8 Å². The number of hydrogen-bond donors (Lipinski definition) is 2. The number of nitrogens with one attached hydrogen (secondary N) is 2. The largest absolute Gasteiger partial charge is 0.501 e. The molecule has 2 aromatic carbocycles. The molecule has 1 atom stereocenters. The number of anilines is 1. The highest BCUT2D eigenvalue weighted by molar-refractivity contribution is 7.92. The molecule has 4 rings (SSSR count). The van der Waals surface area contributed by atoms with E-state index in [-0.39, 0.29) is 35.4 Å². The van der Waals surface area contributed by atoms with Crippen LogP contribution in [0.15, 0.2) is 69.8 Å². The average Bonchev–Trinajstić information content (AvgIpc) is 3.37. The molecule has 0 aliphatic carbocycles. The first-order chi connectivity index (χ1) is 18.3. The van der Waals surface area contributed by atoms with Gasteiger partial charge in [0.2, 0.25) is 0 Å². The smallest absolute Gasteiger partial charge is 0.381 e. The maximum absolute atomic E-state index is 13.3. The zero-order valence-electron chi connectivity index (χ0n) is 20.1. The molecule has 39 heavy (non-hydrogen) atoms. The molecular formula is C24H23ClF3N3O5S3. The maximum Gasteiger partial charge on any atom is 0.501 e. The Bertz CT molecular complexity index is 1560. The summed E-state index contributed by atoms with van der Waals surface area (Å²) in [6.45, 7) is 0.422. The van der Waals surface area contributed by atoms with Crippen molar-refractivity contribution in [2.75, 3.05) is 18.4 Å². The molecular weight excluding hydrogens is 599 g/mol. The van der Waals surface area contributed by atoms with Gasteiger partial charge in [0.15, 0.2) is 0 Å². The summed E-state index contributed by atoms with van der Waals surface area (Å²) in [4.78, 5) is 12.1. The topological polar surface area (TPSA) is 113 Å². The Morgan fingerprint density at radius 3 is 2.46 bits per heavy atom. The lowest BCUT2D eigenvalue weighted by Crippen LogP contribution is -2.44. The zero-order valence-corrected chi connectivity index (χ0v) is 23.3. The molecule has 1 amide bonds. The van der Waals surface area contributed by atoms with Gasteiger partial charge in [-0.2, -0.15) is 17.5 Å². The van der Waals surface area contributed by atoms with Crippen molar-refractivity contribution in [1.29, 1.82) is 0 Å². The van der Waals surface area contributed by atoms with Crippen LogP contribution in [0.4, 0.5) is 18.9 Å². The molecule has 210 valence electrons. The van der Waals surface area contributed by atoms with Gasteiger partial charge in [-0.25, -0.2) is 16.8 Å². The molecule has 15 heteroatoms. The van der Waals surface area contributed by atoms with E-state index in [9.17, 15) is 34.8 Å². The lowest BCUT2D eigenvalue weighted by Gasteiger charge is -2.32. The third-order valence-corrected chi connectivity index (χ3v) is 11.1. The van der Waals surface area contributed by atoms with E-state index in [1.165, 1.54) is 22.5 Å². The summed E-state index contributed by atoms with van der Waals surface area (Å²) in [5, 5.41) is 6.20. The Kier molecular flexibility index (Phi) is 8.61. The van der Waals surface area contributed by atoms with Crippen molar-refractivity contribution in [3.63, 3.8) is 0 Å². The van der Waals surface area contributed by atoms with Gasteiger partial charge in [0.05, 0.1) is 11.4 Å². The molecule has 2 N–H and O–H groups in total. The van der Waals surface area contributed by atoms with Crippen LogP contribution in [-0.2, 0) is 26.4 Å². The van der Waals surface area contributed by atoms with Gasteiger partial charge in [0.1, 0.15) is 4.21 Å². The van der Waals surface area contributed by atoms with Gasteiger partial charge in [-0.3, -0.25) is 4.79 Å². The lowest BCUT2D eigenvalue weighted by atomic mass is 10.1. The highest BCUT2D eigenvalue weighted by Gasteiger charge is 2.47. The van der Waals surface area contributed by atoms with Gasteiger partial charge in [-0.15, -0.1) is 11.3 Å². The second-order valence-corrected chi connectivity index (χ2v) is 14.4. The first kappa shape index (κ1) is 29.3. The third-order valence-electron chi connectivity index (χ3n) is 5.96. The van der Waals surface area contributed by atoms with Crippen molar-refractivity contribution in [2.45, 2.75) is 40.0 Å². The molecule has 1 unspecified atom stereocenters. The Labute approximate surface area is 232 Å². The van der Waals surface area contributed by atoms with E-state index < -0.39 is 36.3 Å². The van der Waals surface area contributed by atoms with Crippen molar-refractivity contribution in [1.82, 2.24) is 9.62 Å². The monoisotopic (exact) mass is 621 g/mol. The molecule has 1 saturated heterocycles. The summed E-state index contributed by atoms with van der Waals surface area (Å²) in [6.07, 6.45) is 1.03. The summed E-state index contributed by atoms with van der Waals surface area (Å²) < 4.78 is 90.2. The van der Waals surface area contributed by atoms with E-state index in [2.05, 4.69) is 10.6 Å². The van der Waals surface area contributed by atoms with Gasteiger partial charge < -0.3 is 10.6 Å². The summed E-state index contributed by atoms with van der Waals surface area (Å²) >= 11 is 6.86. The molecule has 1 aliphatic rings. The number of sulfonamides is 1. The van der Waals surface area contributed by atoms with Crippen molar-refractivity contribution in [2.24, 2.45) is 0 Å². The summed E-state index contributed by atoms with van der Waals surface area (Å²) in [7, 11) is -9.38. The van der Waals surface area contributed by atoms with E-state index in [4.69, 9.17) is 11.6 Å². The molecule has 0 saturated carbocycles. The number of benzene rings is 2. The number of rotatable bonds is 8. The van der Waals surface area contributed by atoms with E-state index in [0.29, 0.717) is 28.3 Å². The van der Waals surface area contributed by atoms with Crippen LogP contribution in [0.3, 0.4) is 0 Å². The molecule has 2 heterocycles. The first-order valence-electron chi connectivity index (χ1n) is 11.6. The Hall–Kier alpha value is -2.65. The maximum atomic E-state index is 13.3. The molecule has 1 fully saturated rings. The minimum atomic E-state index is -5.51. The van der Waals surface area contributed by atoms with Crippen molar-refractivity contribution in [3.05, 3.63) is 76.1 Å². The lowest BCUT2D eigenvalue weighted by molar-refractivity contribution is -0.0436. The molecule has 0 spiro atoms. The predicted molar refractivity (Wildman–Crippen MR) is 142 cm³/mol. The second kappa shape index (κ2) is 11.5.